The Labute approximate surface area is 205 Å². The SMILES string of the molecule is COc1cc(NC(=O)C2CCCN(c3nccnc3Oc3ccc(C)cc3)C2)cc(OC)c1OC. The Balaban J connectivity index is 1.49. The number of aromatic nitrogens is 2. The van der Waals surface area contributed by atoms with Gasteiger partial charge >= 0.3 is 0 Å². The molecule has 2 heterocycles. The van der Waals surface area contributed by atoms with Gasteiger partial charge in [0.15, 0.2) is 17.3 Å². The number of benzene rings is 2. The lowest BCUT2D eigenvalue weighted by Gasteiger charge is -2.33. The molecule has 9 nitrogen and oxygen atoms in total. The highest BCUT2D eigenvalue weighted by Crippen LogP contribution is 2.40. The Morgan fingerprint density at radius 1 is 1.00 bits per heavy atom. The zero-order chi connectivity index (χ0) is 24.8. The number of piperidine rings is 1. The normalized spacial score (nSPS) is 15.3. The summed E-state index contributed by atoms with van der Waals surface area (Å²) >= 11 is 0. The van der Waals surface area contributed by atoms with Crippen LogP contribution in [0.4, 0.5) is 11.5 Å². The smallest absolute Gasteiger partial charge is 0.263 e. The topological polar surface area (TPSA) is 95.0 Å². The van der Waals surface area contributed by atoms with Gasteiger partial charge in [0, 0.05) is 43.3 Å². The molecule has 1 atom stereocenters. The van der Waals surface area contributed by atoms with E-state index in [-0.39, 0.29) is 11.8 Å². The van der Waals surface area contributed by atoms with Gasteiger partial charge in [0.05, 0.1) is 27.2 Å². The summed E-state index contributed by atoms with van der Waals surface area (Å²) in [6.45, 7) is 3.28. The van der Waals surface area contributed by atoms with E-state index < -0.39 is 0 Å². The standard InChI is InChI=1S/C26H30N4O5/c1-17-7-9-20(10-8-17)35-26-24(27-11-12-28-26)30-13-5-6-18(16-30)25(31)29-19-14-21(32-2)23(34-4)22(15-19)33-3/h7-12,14-15,18H,5-6,13,16H2,1-4H3,(H,29,31). The van der Waals surface area contributed by atoms with Gasteiger partial charge in [-0.25, -0.2) is 9.97 Å². The van der Waals surface area contributed by atoms with Crippen molar-refractivity contribution in [1.29, 1.82) is 0 Å². The van der Waals surface area contributed by atoms with Gasteiger partial charge < -0.3 is 29.2 Å². The van der Waals surface area contributed by atoms with Crippen LogP contribution in [-0.2, 0) is 4.79 Å². The molecule has 3 aromatic rings. The van der Waals surface area contributed by atoms with E-state index in [1.54, 1.807) is 45.9 Å². The molecule has 1 fully saturated rings. The number of methoxy groups -OCH3 is 3. The van der Waals surface area contributed by atoms with Gasteiger partial charge in [-0.2, -0.15) is 0 Å². The zero-order valence-corrected chi connectivity index (χ0v) is 20.4. The molecule has 1 aliphatic rings. The molecule has 4 rings (SSSR count). The van der Waals surface area contributed by atoms with Crippen LogP contribution >= 0.6 is 0 Å². The van der Waals surface area contributed by atoms with Crippen molar-refractivity contribution >= 4 is 17.4 Å². The number of aryl methyl sites for hydroxylation is 1. The molecule has 9 heteroatoms. The monoisotopic (exact) mass is 478 g/mol. The van der Waals surface area contributed by atoms with Crippen molar-refractivity contribution in [2.24, 2.45) is 5.92 Å². The van der Waals surface area contributed by atoms with Gasteiger partial charge in [0.1, 0.15) is 5.75 Å². The second-order valence-corrected chi connectivity index (χ2v) is 8.29. The molecular weight excluding hydrogens is 448 g/mol. The highest BCUT2D eigenvalue weighted by atomic mass is 16.5. The van der Waals surface area contributed by atoms with Crippen molar-refractivity contribution < 1.29 is 23.7 Å². The first kappa shape index (κ1) is 24.1. The van der Waals surface area contributed by atoms with E-state index in [1.165, 1.54) is 0 Å². The van der Waals surface area contributed by atoms with Crippen molar-refractivity contribution in [3.8, 4) is 28.9 Å². The Kier molecular flexibility index (Phi) is 7.54. The molecule has 0 aliphatic carbocycles. The molecule has 1 aromatic heterocycles. The number of nitrogens with zero attached hydrogens (tertiary/aromatic N) is 3. The second kappa shape index (κ2) is 10.9. The Morgan fingerprint density at radius 3 is 2.34 bits per heavy atom. The van der Waals surface area contributed by atoms with Gasteiger partial charge in [-0.15, -0.1) is 0 Å². The Morgan fingerprint density at radius 2 is 1.69 bits per heavy atom. The Hall–Kier alpha value is -4.01. The van der Waals surface area contributed by atoms with Crippen molar-refractivity contribution in [3.05, 3.63) is 54.4 Å². The van der Waals surface area contributed by atoms with Crippen LogP contribution in [0.5, 0.6) is 28.9 Å². The molecule has 184 valence electrons. The second-order valence-electron chi connectivity index (χ2n) is 8.29. The number of carbonyl (C=O) groups excluding carboxylic acids is 1. The summed E-state index contributed by atoms with van der Waals surface area (Å²) in [6.07, 6.45) is 4.84. The lowest BCUT2D eigenvalue weighted by Crippen LogP contribution is -2.41. The molecule has 1 N–H and O–H groups in total. The van der Waals surface area contributed by atoms with E-state index in [9.17, 15) is 4.79 Å². The molecule has 2 aromatic carbocycles. The minimum absolute atomic E-state index is 0.0890. The van der Waals surface area contributed by atoms with Crippen LogP contribution < -0.4 is 29.2 Å². The molecule has 1 saturated heterocycles. The van der Waals surface area contributed by atoms with E-state index in [0.29, 0.717) is 46.9 Å². The largest absolute Gasteiger partial charge is 0.493 e. The van der Waals surface area contributed by atoms with Gasteiger partial charge in [0.25, 0.3) is 5.88 Å². The minimum Gasteiger partial charge on any atom is -0.493 e. The van der Waals surface area contributed by atoms with Crippen molar-refractivity contribution in [2.45, 2.75) is 19.8 Å². The third kappa shape index (κ3) is 5.56. The number of ether oxygens (including phenoxy) is 4. The molecular formula is C26H30N4O5. The first-order chi connectivity index (χ1) is 17.0. The molecule has 0 radical (unpaired) electrons. The van der Waals surface area contributed by atoms with Crippen LogP contribution in [0.2, 0.25) is 0 Å². The molecule has 0 saturated carbocycles. The maximum Gasteiger partial charge on any atom is 0.263 e. The average molecular weight is 479 g/mol. The highest BCUT2D eigenvalue weighted by Gasteiger charge is 2.29. The summed E-state index contributed by atoms with van der Waals surface area (Å²) in [4.78, 5) is 24.2. The summed E-state index contributed by atoms with van der Waals surface area (Å²) in [5.41, 5.74) is 1.72. The number of hydrogen-bond donors (Lipinski definition) is 1. The van der Waals surface area contributed by atoms with E-state index in [1.807, 2.05) is 31.2 Å². The van der Waals surface area contributed by atoms with Gasteiger partial charge in [-0.05, 0) is 31.9 Å². The summed E-state index contributed by atoms with van der Waals surface area (Å²) in [6, 6.07) is 11.2. The highest BCUT2D eigenvalue weighted by molar-refractivity contribution is 5.93. The number of amides is 1. The fourth-order valence-electron chi connectivity index (χ4n) is 4.11. The van der Waals surface area contributed by atoms with E-state index in [4.69, 9.17) is 18.9 Å². The van der Waals surface area contributed by atoms with Gasteiger partial charge in [-0.1, -0.05) is 17.7 Å². The van der Waals surface area contributed by atoms with Gasteiger partial charge in [0.2, 0.25) is 11.7 Å². The summed E-state index contributed by atoms with van der Waals surface area (Å²) < 4.78 is 22.2. The lowest BCUT2D eigenvalue weighted by molar-refractivity contribution is -0.120. The first-order valence-corrected chi connectivity index (χ1v) is 11.4. The number of hydrogen-bond acceptors (Lipinski definition) is 8. The van der Waals surface area contributed by atoms with Crippen molar-refractivity contribution in [2.75, 3.05) is 44.6 Å². The number of carbonyl (C=O) groups is 1. The molecule has 0 bridgehead atoms. The third-order valence-electron chi connectivity index (χ3n) is 5.91. The van der Waals surface area contributed by atoms with E-state index >= 15 is 0 Å². The van der Waals surface area contributed by atoms with Crippen LogP contribution in [0.15, 0.2) is 48.8 Å². The quantitative estimate of drug-likeness (QED) is 0.507. The molecule has 0 spiro atoms. The lowest BCUT2D eigenvalue weighted by atomic mass is 9.97. The number of rotatable bonds is 8. The van der Waals surface area contributed by atoms with Crippen LogP contribution in [0.1, 0.15) is 18.4 Å². The molecule has 1 aliphatic heterocycles. The first-order valence-electron chi connectivity index (χ1n) is 11.4. The molecule has 1 unspecified atom stereocenters. The number of nitrogens with one attached hydrogen (secondary N) is 1. The predicted molar refractivity (Wildman–Crippen MR) is 133 cm³/mol. The van der Waals surface area contributed by atoms with Crippen LogP contribution in [-0.4, -0.2) is 50.3 Å². The average Bonchev–Trinajstić information content (AvgIpc) is 2.89. The predicted octanol–water partition coefficient (Wildman–Crippen LogP) is 4.46. The maximum atomic E-state index is 13.2. The summed E-state index contributed by atoms with van der Waals surface area (Å²) in [7, 11) is 4.62. The van der Waals surface area contributed by atoms with E-state index in [0.717, 1.165) is 24.9 Å². The maximum absolute atomic E-state index is 13.2. The molecule has 1 amide bonds. The Bertz CT molecular complexity index is 1140. The third-order valence-corrected chi connectivity index (χ3v) is 5.91. The van der Waals surface area contributed by atoms with E-state index in [2.05, 4.69) is 20.2 Å². The fourth-order valence-corrected chi connectivity index (χ4v) is 4.11. The van der Waals surface area contributed by atoms with Gasteiger partial charge in [-0.3, -0.25) is 4.79 Å². The summed E-state index contributed by atoms with van der Waals surface area (Å²) in [5.74, 6) is 2.83. The van der Waals surface area contributed by atoms with Crippen molar-refractivity contribution in [1.82, 2.24) is 9.97 Å². The van der Waals surface area contributed by atoms with Crippen LogP contribution in [0.3, 0.4) is 0 Å². The summed E-state index contributed by atoms with van der Waals surface area (Å²) in [5, 5.41) is 3.00. The van der Waals surface area contributed by atoms with Crippen molar-refractivity contribution in [3.63, 3.8) is 0 Å². The van der Waals surface area contributed by atoms with Crippen LogP contribution in [0, 0.1) is 12.8 Å². The molecule has 35 heavy (non-hydrogen) atoms. The number of anilines is 2. The zero-order valence-electron chi connectivity index (χ0n) is 20.4. The minimum atomic E-state index is -0.239. The van der Waals surface area contributed by atoms with Crippen LogP contribution in [0.25, 0.3) is 0 Å². The fraction of sp³-hybridized carbons (Fsp3) is 0.346.